The van der Waals surface area contributed by atoms with Gasteiger partial charge in [-0.1, -0.05) is 72.7 Å². The van der Waals surface area contributed by atoms with Crippen LogP contribution in [0, 0.1) is 23.7 Å². The second-order valence-corrected chi connectivity index (χ2v) is 6.42. The number of fused-ring (bicyclic) bond motifs is 2. The van der Waals surface area contributed by atoms with E-state index in [1.807, 2.05) is 78.9 Å². The van der Waals surface area contributed by atoms with Crippen LogP contribution in [0.1, 0.15) is 11.1 Å². The van der Waals surface area contributed by atoms with E-state index >= 15 is 0 Å². The third-order valence-corrected chi connectivity index (χ3v) is 4.71. The SMILES string of the molecule is C#CCOc1ccc2ccccc2c1/C=C(/C#N)c1ccc2ccccc2c1. The first-order valence-electron chi connectivity index (χ1n) is 8.99. The zero-order chi connectivity index (χ0) is 19.3. The van der Waals surface area contributed by atoms with Gasteiger partial charge in [-0.05, 0) is 45.3 Å². The quantitative estimate of drug-likeness (QED) is 0.252. The van der Waals surface area contributed by atoms with Crippen molar-refractivity contribution in [3.8, 4) is 24.2 Å². The lowest BCUT2D eigenvalue weighted by molar-refractivity contribution is 0.370. The van der Waals surface area contributed by atoms with Crippen LogP contribution in [0.5, 0.6) is 5.75 Å². The summed E-state index contributed by atoms with van der Waals surface area (Å²) in [5.74, 6) is 3.17. The Labute approximate surface area is 164 Å². The van der Waals surface area contributed by atoms with Crippen molar-refractivity contribution in [1.29, 1.82) is 5.26 Å². The summed E-state index contributed by atoms with van der Waals surface area (Å²) >= 11 is 0. The highest BCUT2D eigenvalue weighted by Crippen LogP contribution is 2.32. The van der Waals surface area contributed by atoms with E-state index in [1.165, 1.54) is 0 Å². The average molecular weight is 359 g/mol. The van der Waals surface area contributed by atoms with Crippen molar-refractivity contribution >= 4 is 33.2 Å². The number of benzene rings is 4. The molecule has 4 rings (SSSR count). The van der Waals surface area contributed by atoms with Crippen molar-refractivity contribution in [3.63, 3.8) is 0 Å². The molecule has 0 aromatic heterocycles. The van der Waals surface area contributed by atoms with Crippen LogP contribution in [-0.4, -0.2) is 6.61 Å². The maximum atomic E-state index is 9.86. The summed E-state index contributed by atoms with van der Waals surface area (Å²) in [5, 5.41) is 14.2. The standard InChI is InChI=1S/C26H17NO/c1-2-15-28-26-14-13-20-8-5-6-10-24(20)25(26)17-23(18-27)22-12-11-19-7-3-4-9-21(19)16-22/h1,3-14,16-17H,15H2/b23-17-. The molecule has 0 N–H and O–H groups in total. The minimum atomic E-state index is 0.178. The predicted molar refractivity (Wildman–Crippen MR) is 116 cm³/mol. The Morgan fingerprint density at radius 2 is 1.61 bits per heavy atom. The minimum Gasteiger partial charge on any atom is -0.480 e. The van der Waals surface area contributed by atoms with E-state index in [2.05, 4.69) is 18.1 Å². The smallest absolute Gasteiger partial charge is 0.148 e. The van der Waals surface area contributed by atoms with E-state index in [4.69, 9.17) is 11.2 Å². The molecule has 132 valence electrons. The Morgan fingerprint density at radius 3 is 2.39 bits per heavy atom. The van der Waals surface area contributed by atoms with Crippen molar-refractivity contribution < 1.29 is 4.74 Å². The molecule has 0 spiro atoms. The molecule has 0 aliphatic carbocycles. The van der Waals surface area contributed by atoms with Gasteiger partial charge in [0.15, 0.2) is 0 Å². The summed E-state index contributed by atoms with van der Waals surface area (Å²) in [6.45, 7) is 0.178. The van der Waals surface area contributed by atoms with Crippen LogP contribution in [-0.2, 0) is 0 Å². The lowest BCUT2D eigenvalue weighted by Gasteiger charge is -2.11. The van der Waals surface area contributed by atoms with Crippen molar-refractivity contribution in [1.82, 2.24) is 0 Å². The summed E-state index contributed by atoms with van der Waals surface area (Å²) < 4.78 is 5.76. The number of allylic oxidation sites excluding steroid dienone is 1. The topological polar surface area (TPSA) is 33.0 Å². The van der Waals surface area contributed by atoms with E-state index < -0.39 is 0 Å². The number of ether oxygens (including phenoxy) is 1. The van der Waals surface area contributed by atoms with Crippen LogP contribution in [0.3, 0.4) is 0 Å². The van der Waals surface area contributed by atoms with Crippen LogP contribution >= 0.6 is 0 Å². The molecular formula is C26H17NO. The van der Waals surface area contributed by atoms with E-state index in [9.17, 15) is 5.26 Å². The summed E-state index contributed by atoms with van der Waals surface area (Å²) in [4.78, 5) is 0. The molecule has 0 bridgehead atoms. The highest BCUT2D eigenvalue weighted by atomic mass is 16.5. The molecule has 4 aromatic carbocycles. The maximum absolute atomic E-state index is 9.86. The van der Waals surface area contributed by atoms with E-state index in [0.717, 1.165) is 32.7 Å². The third-order valence-electron chi connectivity index (χ3n) is 4.71. The van der Waals surface area contributed by atoms with Crippen molar-refractivity contribution in [2.24, 2.45) is 0 Å². The van der Waals surface area contributed by atoms with Crippen molar-refractivity contribution in [2.45, 2.75) is 0 Å². The molecule has 0 aliphatic heterocycles. The van der Waals surface area contributed by atoms with E-state index in [-0.39, 0.29) is 6.61 Å². The first-order valence-corrected chi connectivity index (χ1v) is 8.99. The number of nitrogens with zero attached hydrogens (tertiary/aromatic N) is 1. The lowest BCUT2D eigenvalue weighted by atomic mass is 9.97. The minimum absolute atomic E-state index is 0.178. The summed E-state index contributed by atoms with van der Waals surface area (Å²) in [6, 6.07) is 28.5. The van der Waals surface area contributed by atoms with Gasteiger partial charge < -0.3 is 4.74 Å². The molecule has 0 heterocycles. The number of hydrogen-bond acceptors (Lipinski definition) is 2. The van der Waals surface area contributed by atoms with Gasteiger partial charge in [-0.25, -0.2) is 0 Å². The normalized spacial score (nSPS) is 11.1. The van der Waals surface area contributed by atoms with Crippen LogP contribution < -0.4 is 4.74 Å². The Kier molecular flexibility index (Phi) is 4.79. The fourth-order valence-electron chi connectivity index (χ4n) is 3.35. The van der Waals surface area contributed by atoms with Crippen LogP contribution in [0.15, 0.2) is 78.9 Å². The average Bonchev–Trinajstić information content (AvgIpc) is 2.76. The highest BCUT2D eigenvalue weighted by Gasteiger charge is 2.10. The monoisotopic (exact) mass is 359 g/mol. The van der Waals surface area contributed by atoms with Gasteiger partial charge in [0.1, 0.15) is 12.4 Å². The molecule has 0 fully saturated rings. The highest BCUT2D eigenvalue weighted by molar-refractivity contribution is 6.01. The Hall–Kier alpha value is -4.01. The van der Waals surface area contributed by atoms with Gasteiger partial charge in [0.05, 0.1) is 11.6 Å². The van der Waals surface area contributed by atoms with E-state index in [1.54, 1.807) is 0 Å². The van der Waals surface area contributed by atoms with Crippen LogP contribution in [0.25, 0.3) is 33.2 Å². The van der Waals surface area contributed by atoms with Gasteiger partial charge in [0, 0.05) is 5.56 Å². The van der Waals surface area contributed by atoms with Gasteiger partial charge in [0.2, 0.25) is 0 Å². The fourth-order valence-corrected chi connectivity index (χ4v) is 3.35. The lowest BCUT2D eigenvalue weighted by Crippen LogP contribution is -1.96. The van der Waals surface area contributed by atoms with Crippen LogP contribution in [0.2, 0.25) is 0 Å². The van der Waals surface area contributed by atoms with Crippen molar-refractivity contribution in [3.05, 3.63) is 90.0 Å². The maximum Gasteiger partial charge on any atom is 0.148 e. The molecule has 0 radical (unpaired) electrons. The molecular weight excluding hydrogens is 342 g/mol. The van der Waals surface area contributed by atoms with Gasteiger partial charge in [-0.2, -0.15) is 5.26 Å². The Balaban J connectivity index is 1.90. The third kappa shape index (κ3) is 3.32. The fraction of sp³-hybridized carbons (Fsp3) is 0.0385. The summed E-state index contributed by atoms with van der Waals surface area (Å²) in [7, 11) is 0. The molecule has 0 atom stereocenters. The molecule has 2 heteroatoms. The summed E-state index contributed by atoms with van der Waals surface area (Å²) in [6.07, 6.45) is 7.25. The molecule has 0 saturated heterocycles. The van der Waals surface area contributed by atoms with Crippen molar-refractivity contribution in [2.75, 3.05) is 6.61 Å². The zero-order valence-electron chi connectivity index (χ0n) is 15.2. The second kappa shape index (κ2) is 7.70. The number of hydrogen-bond donors (Lipinski definition) is 0. The Bertz CT molecular complexity index is 1290. The van der Waals surface area contributed by atoms with Gasteiger partial charge in [0.25, 0.3) is 0 Å². The molecule has 28 heavy (non-hydrogen) atoms. The molecule has 2 nitrogen and oxygen atoms in total. The van der Waals surface area contributed by atoms with Gasteiger partial charge in [-0.3, -0.25) is 0 Å². The van der Waals surface area contributed by atoms with E-state index in [0.29, 0.717) is 11.3 Å². The molecule has 4 aromatic rings. The largest absolute Gasteiger partial charge is 0.480 e. The Morgan fingerprint density at radius 1 is 0.893 bits per heavy atom. The van der Waals surface area contributed by atoms with Crippen LogP contribution in [0.4, 0.5) is 0 Å². The first kappa shape index (κ1) is 17.4. The number of terminal acetylenes is 1. The second-order valence-electron chi connectivity index (χ2n) is 6.42. The number of rotatable bonds is 4. The number of nitriles is 1. The first-order chi connectivity index (χ1) is 13.8. The molecule has 0 unspecified atom stereocenters. The van der Waals surface area contributed by atoms with Gasteiger partial charge >= 0.3 is 0 Å². The molecule has 0 saturated carbocycles. The molecule has 0 amide bonds. The zero-order valence-corrected chi connectivity index (χ0v) is 15.2. The predicted octanol–water partition coefficient (Wildman–Crippen LogP) is 6.07. The molecule has 0 aliphatic rings. The summed E-state index contributed by atoms with van der Waals surface area (Å²) in [5.41, 5.74) is 2.31. The van der Waals surface area contributed by atoms with Gasteiger partial charge in [-0.15, -0.1) is 6.42 Å².